The van der Waals surface area contributed by atoms with Gasteiger partial charge in [-0.15, -0.1) is 4.68 Å². The van der Waals surface area contributed by atoms with Crippen molar-refractivity contribution in [2.24, 2.45) is 10.8 Å². The summed E-state index contributed by atoms with van der Waals surface area (Å²) in [6.07, 6.45) is 1.24. The van der Waals surface area contributed by atoms with Crippen molar-refractivity contribution in [2.75, 3.05) is 6.61 Å². The summed E-state index contributed by atoms with van der Waals surface area (Å²) in [4.78, 5) is 38.0. The van der Waals surface area contributed by atoms with Gasteiger partial charge < -0.3 is 15.5 Å². The van der Waals surface area contributed by atoms with Gasteiger partial charge in [-0.1, -0.05) is 23.7 Å². The first-order valence-corrected chi connectivity index (χ1v) is 7.82. The highest BCUT2D eigenvalue weighted by Gasteiger charge is 2.08. The normalized spacial score (nSPS) is 11.1. The van der Waals surface area contributed by atoms with Crippen LogP contribution in [0.1, 0.15) is 5.56 Å². The van der Waals surface area contributed by atoms with Crippen molar-refractivity contribution in [3.05, 3.63) is 73.9 Å². The van der Waals surface area contributed by atoms with Crippen LogP contribution in [0.15, 0.2) is 57.2 Å². The molecule has 0 fully saturated rings. The lowest BCUT2D eigenvalue weighted by molar-refractivity contribution is -0.119. The van der Waals surface area contributed by atoms with Crippen LogP contribution in [0.4, 0.5) is 0 Å². The Labute approximate surface area is 151 Å². The van der Waals surface area contributed by atoms with Crippen LogP contribution >= 0.6 is 11.6 Å². The largest absolute Gasteiger partial charge is 0.483 e. The minimum atomic E-state index is -0.688. The number of carbonyl (C=O) groups excluding carboxylic acids is 1. The summed E-state index contributed by atoms with van der Waals surface area (Å²) < 4.78 is 5.97. The van der Waals surface area contributed by atoms with Crippen molar-refractivity contribution in [1.29, 1.82) is 0 Å². The number of hydrogen-bond donors (Lipinski definition) is 2. The second-order valence-corrected chi connectivity index (χ2v) is 5.71. The molecule has 8 nitrogen and oxygen atoms in total. The monoisotopic (exact) mass is 372 g/mol. The Morgan fingerprint density at radius 3 is 2.81 bits per heavy atom. The number of halogens is 1. The van der Waals surface area contributed by atoms with E-state index in [-0.39, 0.29) is 12.4 Å². The summed E-state index contributed by atoms with van der Waals surface area (Å²) in [6.45, 7) is -0.334. The van der Waals surface area contributed by atoms with Gasteiger partial charge in [0.15, 0.2) is 6.61 Å². The van der Waals surface area contributed by atoms with Gasteiger partial charge in [0.2, 0.25) is 0 Å². The fraction of sp³-hybridized carbons (Fsp3) is 0.0588. The molecule has 0 atom stereocenters. The van der Waals surface area contributed by atoms with Gasteiger partial charge in [0.05, 0.1) is 17.1 Å². The molecule has 0 aliphatic heterocycles. The number of rotatable bonds is 5. The Morgan fingerprint density at radius 1 is 1.27 bits per heavy atom. The number of nitrogens with one attached hydrogen (secondary N) is 1. The quantitative estimate of drug-likeness (QED) is 0.651. The maximum absolute atomic E-state index is 12.4. The zero-order valence-electron chi connectivity index (χ0n) is 13.3. The number of benzene rings is 2. The highest BCUT2D eigenvalue weighted by molar-refractivity contribution is 6.30. The molecular formula is C17H13ClN4O4. The molecule has 3 aromatic rings. The van der Waals surface area contributed by atoms with Gasteiger partial charge in [0, 0.05) is 10.6 Å². The summed E-state index contributed by atoms with van der Waals surface area (Å²) in [5.74, 6) is -0.368. The van der Waals surface area contributed by atoms with Crippen molar-refractivity contribution in [2.45, 2.75) is 0 Å². The average Bonchev–Trinajstić information content (AvgIpc) is 2.60. The van der Waals surface area contributed by atoms with Gasteiger partial charge in [-0.25, -0.2) is 4.79 Å². The van der Waals surface area contributed by atoms with E-state index in [4.69, 9.17) is 22.1 Å². The Bertz CT molecular complexity index is 1130. The topological polar surface area (TPSA) is 120 Å². The third kappa shape index (κ3) is 3.65. The highest BCUT2D eigenvalue weighted by atomic mass is 35.5. The summed E-state index contributed by atoms with van der Waals surface area (Å²) in [6, 6.07) is 11.2. The van der Waals surface area contributed by atoms with Gasteiger partial charge >= 0.3 is 5.69 Å². The first-order valence-electron chi connectivity index (χ1n) is 7.45. The molecule has 0 saturated heterocycles. The number of ether oxygens (including phenoxy) is 1. The molecule has 0 aliphatic carbocycles. The molecule has 0 unspecified atom stereocenters. The van der Waals surface area contributed by atoms with Gasteiger partial charge in [-0.2, -0.15) is 5.10 Å². The third-order valence-electron chi connectivity index (χ3n) is 3.44. The number of aromatic amines is 1. The second-order valence-electron chi connectivity index (χ2n) is 5.27. The van der Waals surface area contributed by atoms with E-state index in [1.54, 1.807) is 30.3 Å². The molecule has 132 valence electrons. The molecule has 3 N–H and O–H groups in total. The van der Waals surface area contributed by atoms with Gasteiger partial charge in [0.1, 0.15) is 5.75 Å². The number of fused-ring (bicyclic) bond motifs is 1. The van der Waals surface area contributed by atoms with Crippen molar-refractivity contribution in [3.8, 4) is 5.75 Å². The molecule has 1 aromatic heterocycles. The maximum Gasteiger partial charge on any atom is 0.349 e. The molecule has 0 spiro atoms. The molecule has 26 heavy (non-hydrogen) atoms. The number of hydrogen-bond acceptors (Lipinski definition) is 5. The van der Waals surface area contributed by atoms with Crippen molar-refractivity contribution in [3.63, 3.8) is 0 Å². The molecule has 0 saturated carbocycles. The van der Waals surface area contributed by atoms with E-state index < -0.39 is 17.2 Å². The van der Waals surface area contributed by atoms with Crippen LogP contribution in [0.3, 0.4) is 0 Å². The van der Waals surface area contributed by atoms with Crippen LogP contribution in [0.2, 0.25) is 5.02 Å². The molecule has 2 aromatic carbocycles. The van der Waals surface area contributed by atoms with Crippen LogP contribution < -0.4 is 21.7 Å². The predicted molar refractivity (Wildman–Crippen MR) is 98.0 cm³/mol. The average molecular weight is 373 g/mol. The van der Waals surface area contributed by atoms with E-state index >= 15 is 0 Å². The zero-order chi connectivity index (χ0) is 18.7. The lowest BCUT2D eigenvalue weighted by atomic mass is 10.2. The summed E-state index contributed by atoms with van der Waals surface area (Å²) in [5.41, 5.74) is 4.60. The number of carbonyl (C=O) groups is 1. The first kappa shape index (κ1) is 17.4. The lowest BCUT2D eigenvalue weighted by Crippen LogP contribution is -2.32. The molecule has 3 rings (SSSR count). The Hall–Kier alpha value is -3.39. The molecular weight excluding hydrogens is 360 g/mol. The number of H-pyrrole nitrogens is 1. The molecule has 1 heterocycles. The van der Waals surface area contributed by atoms with E-state index in [0.717, 1.165) is 0 Å². The summed E-state index contributed by atoms with van der Waals surface area (Å²) >= 11 is 5.96. The number of para-hydroxylation sites is 1. The predicted octanol–water partition coefficient (Wildman–Crippen LogP) is 1.09. The molecule has 1 amide bonds. The minimum absolute atomic E-state index is 0.280. The molecule has 0 radical (unpaired) electrons. The highest BCUT2D eigenvalue weighted by Crippen LogP contribution is 2.21. The van der Waals surface area contributed by atoms with Crippen LogP contribution in [-0.2, 0) is 4.79 Å². The lowest BCUT2D eigenvalue weighted by Gasteiger charge is -2.07. The Kier molecular flexibility index (Phi) is 4.85. The van der Waals surface area contributed by atoms with E-state index in [1.165, 1.54) is 18.3 Å². The number of primary amides is 1. The van der Waals surface area contributed by atoms with Crippen LogP contribution in [0.5, 0.6) is 5.75 Å². The standard InChI is InChI=1S/C17H13ClN4O4/c18-11-5-6-14(26-9-15(19)23)10(7-11)8-20-22-16(24)12-3-1-2-4-13(12)21-17(22)25/h1-8H,9H2,(H2,19,23)(H,21,25). The van der Waals surface area contributed by atoms with Crippen molar-refractivity contribution < 1.29 is 9.53 Å². The SMILES string of the molecule is NC(=O)COc1ccc(Cl)cc1C=Nn1c(=O)[nH]c2ccccc2c1=O. The number of nitrogens with two attached hydrogens (primary N) is 1. The molecule has 0 aliphatic rings. The smallest absolute Gasteiger partial charge is 0.349 e. The van der Waals surface area contributed by atoms with Crippen LogP contribution in [0, 0.1) is 0 Å². The number of aromatic nitrogens is 2. The van der Waals surface area contributed by atoms with E-state index in [1.807, 2.05) is 0 Å². The fourth-order valence-corrected chi connectivity index (χ4v) is 2.46. The zero-order valence-corrected chi connectivity index (χ0v) is 14.1. The Balaban J connectivity index is 2.04. The van der Waals surface area contributed by atoms with Crippen molar-refractivity contribution in [1.82, 2.24) is 9.66 Å². The van der Waals surface area contributed by atoms with Gasteiger partial charge in [-0.3, -0.25) is 9.59 Å². The number of nitrogens with zero attached hydrogens (tertiary/aromatic N) is 2. The minimum Gasteiger partial charge on any atom is -0.483 e. The van der Waals surface area contributed by atoms with E-state index in [2.05, 4.69) is 10.1 Å². The van der Waals surface area contributed by atoms with Gasteiger partial charge in [-0.05, 0) is 30.3 Å². The Morgan fingerprint density at radius 2 is 2.04 bits per heavy atom. The summed E-state index contributed by atoms with van der Waals surface area (Å²) in [5, 5.41) is 4.64. The molecule has 9 heteroatoms. The van der Waals surface area contributed by atoms with Crippen LogP contribution in [0.25, 0.3) is 10.9 Å². The summed E-state index contributed by atoms with van der Waals surface area (Å²) in [7, 11) is 0. The number of amides is 1. The van der Waals surface area contributed by atoms with E-state index in [9.17, 15) is 14.4 Å². The fourth-order valence-electron chi connectivity index (χ4n) is 2.28. The second kappa shape index (κ2) is 7.24. The van der Waals surface area contributed by atoms with E-state index in [0.29, 0.717) is 26.2 Å². The first-order chi connectivity index (χ1) is 12.5. The maximum atomic E-state index is 12.4. The van der Waals surface area contributed by atoms with Gasteiger partial charge in [0.25, 0.3) is 11.5 Å². The van der Waals surface area contributed by atoms with Crippen LogP contribution in [-0.4, -0.2) is 28.4 Å². The molecule has 0 bridgehead atoms. The third-order valence-corrected chi connectivity index (χ3v) is 3.67. The van der Waals surface area contributed by atoms with Crippen molar-refractivity contribution >= 4 is 34.6 Å².